The van der Waals surface area contributed by atoms with E-state index >= 15 is 0 Å². The summed E-state index contributed by atoms with van der Waals surface area (Å²) in [6, 6.07) is 1.32. The highest BCUT2D eigenvalue weighted by Crippen LogP contribution is 2.18. The van der Waals surface area contributed by atoms with Gasteiger partial charge in [0.1, 0.15) is 0 Å². The van der Waals surface area contributed by atoms with Crippen LogP contribution in [-0.4, -0.2) is 74.4 Å². The molecule has 0 aromatic rings. The van der Waals surface area contributed by atoms with E-state index < -0.39 is 0 Å². The highest BCUT2D eigenvalue weighted by molar-refractivity contribution is 4.89. The Kier molecular flexibility index (Phi) is 6.27. The molecule has 2 heterocycles. The molecule has 3 atom stereocenters. The molecule has 3 unspecified atom stereocenters. The molecule has 0 spiro atoms. The van der Waals surface area contributed by atoms with E-state index in [-0.39, 0.29) is 0 Å². The summed E-state index contributed by atoms with van der Waals surface area (Å²) in [4.78, 5) is 5.08. The first kappa shape index (κ1) is 16.2. The molecule has 1 N–H and O–H groups in total. The molecule has 0 saturated carbocycles. The molecular weight excluding hydrogens is 250 g/mol. The monoisotopic (exact) mass is 283 g/mol. The lowest BCUT2D eigenvalue weighted by molar-refractivity contribution is -0.0505. The number of hydrogen-bond acceptors (Lipinski definition) is 4. The summed E-state index contributed by atoms with van der Waals surface area (Å²) in [5.74, 6) is 0.700. The van der Waals surface area contributed by atoms with Crippen LogP contribution in [0.2, 0.25) is 0 Å². The fourth-order valence-electron chi connectivity index (χ4n) is 3.55. The highest BCUT2D eigenvalue weighted by atomic mass is 16.5. The van der Waals surface area contributed by atoms with Crippen molar-refractivity contribution in [3.05, 3.63) is 0 Å². The maximum Gasteiger partial charge on any atom is 0.0829 e. The summed E-state index contributed by atoms with van der Waals surface area (Å²) in [6.45, 7) is 13.4. The summed E-state index contributed by atoms with van der Waals surface area (Å²) in [5.41, 5.74) is 0. The number of nitrogens with zero attached hydrogens (tertiary/aromatic N) is 2. The highest BCUT2D eigenvalue weighted by Gasteiger charge is 2.32. The molecule has 2 aliphatic heterocycles. The van der Waals surface area contributed by atoms with E-state index in [1.165, 1.54) is 19.4 Å². The molecule has 4 nitrogen and oxygen atoms in total. The van der Waals surface area contributed by atoms with Crippen molar-refractivity contribution in [3.8, 4) is 0 Å². The van der Waals surface area contributed by atoms with Gasteiger partial charge in [-0.3, -0.25) is 4.90 Å². The third kappa shape index (κ3) is 4.42. The first-order valence-corrected chi connectivity index (χ1v) is 8.37. The van der Waals surface area contributed by atoms with Gasteiger partial charge in [-0.25, -0.2) is 0 Å². The Morgan fingerprint density at radius 1 is 1.30 bits per heavy atom. The molecule has 0 amide bonds. The molecule has 4 heteroatoms. The second kappa shape index (κ2) is 7.74. The second-order valence-corrected chi connectivity index (χ2v) is 6.91. The van der Waals surface area contributed by atoms with E-state index in [1.807, 2.05) is 0 Å². The lowest BCUT2D eigenvalue weighted by Gasteiger charge is -2.44. The van der Waals surface area contributed by atoms with Crippen LogP contribution in [0.25, 0.3) is 0 Å². The average molecular weight is 283 g/mol. The molecule has 2 saturated heterocycles. The summed E-state index contributed by atoms with van der Waals surface area (Å²) >= 11 is 0. The first-order valence-electron chi connectivity index (χ1n) is 8.37. The fraction of sp³-hybridized carbons (Fsp3) is 1.00. The molecule has 118 valence electrons. The van der Waals surface area contributed by atoms with Gasteiger partial charge in [-0.15, -0.1) is 0 Å². The van der Waals surface area contributed by atoms with E-state index in [9.17, 15) is 0 Å². The molecular formula is C16H33N3O. The van der Waals surface area contributed by atoms with E-state index in [0.717, 1.165) is 32.8 Å². The first-order chi connectivity index (χ1) is 9.60. The third-order valence-electron chi connectivity index (χ3n) is 4.73. The topological polar surface area (TPSA) is 27.7 Å². The van der Waals surface area contributed by atoms with Crippen molar-refractivity contribution < 1.29 is 4.74 Å². The average Bonchev–Trinajstić information content (AvgIpc) is 2.39. The van der Waals surface area contributed by atoms with Crippen LogP contribution in [0.1, 0.15) is 33.6 Å². The Hall–Kier alpha value is -0.160. The minimum absolute atomic E-state index is 0.385. The smallest absolute Gasteiger partial charge is 0.0829 e. The molecule has 2 fully saturated rings. The van der Waals surface area contributed by atoms with Gasteiger partial charge in [0.05, 0.1) is 12.7 Å². The standard InChI is InChI=1S/C16H33N3O/c1-5-6-14-10-19(16(9-17-14)13(2)3)12-15-11-18(4)7-8-20-15/h13-17H,5-12H2,1-4H3. The molecule has 2 rings (SSSR count). The zero-order valence-corrected chi connectivity index (χ0v) is 13.8. The van der Waals surface area contributed by atoms with E-state index in [1.54, 1.807) is 0 Å². The molecule has 20 heavy (non-hydrogen) atoms. The minimum atomic E-state index is 0.385. The zero-order valence-electron chi connectivity index (χ0n) is 13.8. The van der Waals surface area contributed by atoms with Gasteiger partial charge >= 0.3 is 0 Å². The van der Waals surface area contributed by atoms with Crippen LogP contribution in [0.5, 0.6) is 0 Å². The SMILES string of the molecule is CCCC1CN(CC2CN(C)CCO2)C(C(C)C)CN1. The molecule has 2 aliphatic rings. The van der Waals surface area contributed by atoms with Gasteiger partial charge in [0.25, 0.3) is 0 Å². The maximum absolute atomic E-state index is 5.97. The Balaban J connectivity index is 1.92. The summed E-state index contributed by atoms with van der Waals surface area (Å²) < 4.78 is 5.97. The molecule has 0 aromatic heterocycles. The predicted molar refractivity (Wildman–Crippen MR) is 84.1 cm³/mol. The lowest BCUT2D eigenvalue weighted by Crippen LogP contribution is -2.60. The van der Waals surface area contributed by atoms with Crippen molar-refractivity contribution >= 4 is 0 Å². The van der Waals surface area contributed by atoms with Crippen LogP contribution in [0.4, 0.5) is 0 Å². The fourth-order valence-corrected chi connectivity index (χ4v) is 3.55. The Labute approximate surface area is 124 Å². The Bertz CT molecular complexity index is 285. The van der Waals surface area contributed by atoms with Gasteiger partial charge in [-0.1, -0.05) is 27.2 Å². The summed E-state index contributed by atoms with van der Waals surface area (Å²) in [6.07, 6.45) is 2.93. The lowest BCUT2D eigenvalue weighted by atomic mass is 9.96. The Morgan fingerprint density at radius 3 is 2.75 bits per heavy atom. The zero-order chi connectivity index (χ0) is 14.5. The van der Waals surface area contributed by atoms with Crippen molar-refractivity contribution in [1.82, 2.24) is 15.1 Å². The molecule has 0 aliphatic carbocycles. The maximum atomic E-state index is 5.97. The summed E-state index contributed by atoms with van der Waals surface area (Å²) in [7, 11) is 2.20. The van der Waals surface area contributed by atoms with E-state index in [0.29, 0.717) is 24.1 Å². The van der Waals surface area contributed by atoms with Crippen molar-refractivity contribution in [1.29, 1.82) is 0 Å². The number of piperazine rings is 1. The largest absolute Gasteiger partial charge is 0.374 e. The van der Waals surface area contributed by atoms with Crippen molar-refractivity contribution in [3.63, 3.8) is 0 Å². The number of ether oxygens (including phenoxy) is 1. The van der Waals surface area contributed by atoms with Gasteiger partial charge in [-0.05, 0) is 19.4 Å². The van der Waals surface area contributed by atoms with Gasteiger partial charge in [0.15, 0.2) is 0 Å². The van der Waals surface area contributed by atoms with Gasteiger partial charge < -0.3 is 15.0 Å². The van der Waals surface area contributed by atoms with Gasteiger partial charge in [0.2, 0.25) is 0 Å². The number of likely N-dealkylation sites (N-methyl/N-ethyl adjacent to an activating group) is 1. The summed E-state index contributed by atoms with van der Waals surface area (Å²) in [5, 5.41) is 3.73. The van der Waals surface area contributed by atoms with Crippen molar-refractivity contribution in [2.75, 3.05) is 46.4 Å². The Morgan fingerprint density at radius 2 is 2.10 bits per heavy atom. The molecule has 0 aromatic carbocycles. The number of morpholine rings is 1. The second-order valence-electron chi connectivity index (χ2n) is 6.91. The van der Waals surface area contributed by atoms with Crippen LogP contribution >= 0.6 is 0 Å². The predicted octanol–water partition coefficient (Wildman–Crippen LogP) is 1.42. The van der Waals surface area contributed by atoms with Crippen LogP contribution < -0.4 is 5.32 Å². The van der Waals surface area contributed by atoms with Crippen LogP contribution in [0, 0.1) is 5.92 Å². The van der Waals surface area contributed by atoms with E-state index in [4.69, 9.17) is 4.74 Å². The third-order valence-corrected chi connectivity index (χ3v) is 4.73. The number of hydrogen-bond donors (Lipinski definition) is 1. The number of nitrogens with one attached hydrogen (secondary N) is 1. The van der Waals surface area contributed by atoms with Gasteiger partial charge in [-0.2, -0.15) is 0 Å². The van der Waals surface area contributed by atoms with Crippen LogP contribution in [0.15, 0.2) is 0 Å². The molecule has 0 radical (unpaired) electrons. The number of rotatable bonds is 5. The molecule has 0 bridgehead atoms. The van der Waals surface area contributed by atoms with Crippen LogP contribution in [-0.2, 0) is 4.74 Å². The van der Waals surface area contributed by atoms with Crippen LogP contribution in [0.3, 0.4) is 0 Å². The normalized spacial score (nSPS) is 33.8. The quantitative estimate of drug-likeness (QED) is 0.826. The van der Waals surface area contributed by atoms with Crippen molar-refractivity contribution in [2.24, 2.45) is 5.92 Å². The van der Waals surface area contributed by atoms with Crippen molar-refractivity contribution in [2.45, 2.75) is 51.8 Å². The minimum Gasteiger partial charge on any atom is -0.374 e. The van der Waals surface area contributed by atoms with Gasteiger partial charge in [0, 0.05) is 44.8 Å². The van der Waals surface area contributed by atoms with E-state index in [2.05, 4.69) is 42.9 Å².